The number of aryl methyl sites for hydroxylation is 1. The second-order valence-corrected chi connectivity index (χ2v) is 9.77. The van der Waals surface area contributed by atoms with Crippen molar-refractivity contribution in [2.45, 2.75) is 30.7 Å². The fourth-order valence-corrected chi connectivity index (χ4v) is 5.15. The van der Waals surface area contributed by atoms with Crippen LogP contribution < -0.4 is 11.0 Å². The molecule has 170 valence electrons. The molecular formula is C22H26N4O5S. The summed E-state index contributed by atoms with van der Waals surface area (Å²) in [6.07, 6.45) is 0.781. The number of benzene rings is 2. The predicted molar refractivity (Wildman–Crippen MR) is 120 cm³/mol. The van der Waals surface area contributed by atoms with Gasteiger partial charge in [0.25, 0.3) is 0 Å². The summed E-state index contributed by atoms with van der Waals surface area (Å²) < 4.78 is 32.0. The van der Waals surface area contributed by atoms with Crippen LogP contribution in [0, 0.1) is 0 Å². The maximum Gasteiger partial charge on any atom is 0.323 e. The number of nitrogens with zero attached hydrogens (tertiary/aromatic N) is 1. The molecule has 3 aromatic rings. The van der Waals surface area contributed by atoms with Gasteiger partial charge in [-0.2, -0.15) is 4.31 Å². The van der Waals surface area contributed by atoms with Gasteiger partial charge in [-0.05, 0) is 48.7 Å². The summed E-state index contributed by atoms with van der Waals surface area (Å²) in [6.45, 7) is 3.41. The highest BCUT2D eigenvalue weighted by atomic mass is 32.2. The Hall–Kier alpha value is -2.95. The van der Waals surface area contributed by atoms with Crippen molar-refractivity contribution in [3.8, 4) is 0 Å². The van der Waals surface area contributed by atoms with Crippen LogP contribution in [0.25, 0.3) is 11.0 Å². The molecule has 1 atom stereocenters. The molecule has 9 nitrogen and oxygen atoms in total. The van der Waals surface area contributed by atoms with Crippen LogP contribution in [-0.4, -0.2) is 54.9 Å². The van der Waals surface area contributed by atoms with Gasteiger partial charge < -0.3 is 20.0 Å². The van der Waals surface area contributed by atoms with Gasteiger partial charge in [0.1, 0.15) is 0 Å². The van der Waals surface area contributed by atoms with E-state index >= 15 is 0 Å². The van der Waals surface area contributed by atoms with Crippen LogP contribution in [0.15, 0.2) is 52.2 Å². The molecular weight excluding hydrogens is 432 g/mol. The maximum absolute atomic E-state index is 12.7. The summed E-state index contributed by atoms with van der Waals surface area (Å²) in [5.74, 6) is -0.106. The molecule has 0 spiro atoms. The molecule has 1 aliphatic heterocycles. The second-order valence-electron chi connectivity index (χ2n) is 7.83. The SMILES string of the molecule is CC(NC(=O)CCc1ccc(S(=O)(=O)N2CCOCC2)cc1)c1ccc2[nH]c(=O)[nH]c2c1. The molecule has 4 rings (SSSR count). The normalized spacial score (nSPS) is 16.2. The number of fused-ring (bicyclic) bond motifs is 1. The highest BCUT2D eigenvalue weighted by Crippen LogP contribution is 2.19. The largest absolute Gasteiger partial charge is 0.379 e. The molecule has 0 aliphatic carbocycles. The van der Waals surface area contributed by atoms with Gasteiger partial charge in [0, 0.05) is 19.5 Å². The highest BCUT2D eigenvalue weighted by Gasteiger charge is 2.26. The van der Waals surface area contributed by atoms with Crippen molar-refractivity contribution in [1.82, 2.24) is 19.6 Å². The van der Waals surface area contributed by atoms with E-state index in [1.807, 2.05) is 19.1 Å². The number of aromatic nitrogens is 2. The van der Waals surface area contributed by atoms with E-state index in [1.54, 1.807) is 30.3 Å². The summed E-state index contributed by atoms with van der Waals surface area (Å²) in [5.41, 5.74) is 2.92. The zero-order valence-electron chi connectivity index (χ0n) is 17.8. The number of amides is 1. The average Bonchev–Trinajstić information content (AvgIpc) is 3.17. The summed E-state index contributed by atoms with van der Waals surface area (Å²) in [6, 6.07) is 12.0. The number of hydrogen-bond acceptors (Lipinski definition) is 5. The van der Waals surface area contributed by atoms with Crippen LogP contribution in [-0.2, 0) is 26.0 Å². The summed E-state index contributed by atoms with van der Waals surface area (Å²) in [7, 11) is -3.52. The first-order valence-corrected chi connectivity index (χ1v) is 11.9. The van der Waals surface area contributed by atoms with Crippen molar-refractivity contribution in [2.75, 3.05) is 26.3 Å². The summed E-state index contributed by atoms with van der Waals surface area (Å²) in [4.78, 5) is 29.5. The van der Waals surface area contributed by atoms with Gasteiger partial charge in [0.2, 0.25) is 15.9 Å². The Morgan fingerprint density at radius 2 is 1.78 bits per heavy atom. The minimum Gasteiger partial charge on any atom is -0.379 e. The van der Waals surface area contributed by atoms with Crippen molar-refractivity contribution in [3.05, 3.63) is 64.1 Å². The molecule has 0 saturated carbocycles. The monoisotopic (exact) mass is 458 g/mol. The van der Waals surface area contributed by atoms with Crippen molar-refractivity contribution in [2.24, 2.45) is 0 Å². The Kier molecular flexibility index (Phi) is 6.45. The second kappa shape index (κ2) is 9.27. The van der Waals surface area contributed by atoms with E-state index in [0.29, 0.717) is 38.2 Å². The topological polar surface area (TPSA) is 124 Å². The molecule has 2 aromatic carbocycles. The lowest BCUT2D eigenvalue weighted by Crippen LogP contribution is -2.40. The van der Waals surface area contributed by atoms with Gasteiger partial charge in [-0.1, -0.05) is 18.2 Å². The lowest BCUT2D eigenvalue weighted by Gasteiger charge is -2.26. The molecule has 1 fully saturated rings. The highest BCUT2D eigenvalue weighted by molar-refractivity contribution is 7.89. The van der Waals surface area contributed by atoms with E-state index in [1.165, 1.54) is 4.31 Å². The number of nitrogens with one attached hydrogen (secondary N) is 3. The number of carbonyl (C=O) groups excluding carboxylic acids is 1. The van der Waals surface area contributed by atoms with Crippen LogP contribution in [0.3, 0.4) is 0 Å². The Morgan fingerprint density at radius 1 is 1.09 bits per heavy atom. The minimum absolute atomic E-state index is 0.106. The van der Waals surface area contributed by atoms with Gasteiger partial charge in [-0.15, -0.1) is 0 Å². The van der Waals surface area contributed by atoms with Crippen LogP contribution in [0.4, 0.5) is 0 Å². The van der Waals surface area contributed by atoms with Gasteiger partial charge in [-0.3, -0.25) is 4.79 Å². The minimum atomic E-state index is -3.52. The Labute approximate surface area is 185 Å². The molecule has 1 aliphatic rings. The van der Waals surface area contributed by atoms with Gasteiger partial charge in [0.15, 0.2) is 0 Å². The van der Waals surface area contributed by atoms with Crippen LogP contribution in [0.5, 0.6) is 0 Å². The molecule has 1 saturated heterocycles. The third-order valence-electron chi connectivity index (χ3n) is 5.59. The zero-order chi connectivity index (χ0) is 22.7. The zero-order valence-corrected chi connectivity index (χ0v) is 18.6. The summed E-state index contributed by atoms with van der Waals surface area (Å²) >= 11 is 0. The average molecular weight is 459 g/mol. The molecule has 1 unspecified atom stereocenters. The van der Waals surface area contributed by atoms with Crippen molar-refractivity contribution >= 4 is 27.0 Å². The first-order valence-electron chi connectivity index (χ1n) is 10.5. The number of carbonyl (C=O) groups is 1. The Balaban J connectivity index is 1.32. The summed E-state index contributed by atoms with van der Waals surface area (Å²) in [5, 5.41) is 2.96. The number of imidazole rings is 1. The third kappa shape index (κ3) is 4.93. The lowest BCUT2D eigenvalue weighted by atomic mass is 10.1. The van der Waals surface area contributed by atoms with Crippen LogP contribution in [0.2, 0.25) is 0 Å². The smallest absolute Gasteiger partial charge is 0.323 e. The molecule has 32 heavy (non-hydrogen) atoms. The molecule has 2 heterocycles. The number of H-pyrrole nitrogens is 2. The molecule has 0 bridgehead atoms. The molecule has 1 amide bonds. The lowest BCUT2D eigenvalue weighted by molar-refractivity contribution is -0.121. The number of morpholine rings is 1. The van der Waals surface area contributed by atoms with E-state index < -0.39 is 10.0 Å². The van der Waals surface area contributed by atoms with E-state index in [-0.39, 0.29) is 29.0 Å². The first-order chi connectivity index (χ1) is 15.3. The van der Waals surface area contributed by atoms with E-state index in [0.717, 1.165) is 16.6 Å². The first kappa shape index (κ1) is 22.3. The number of sulfonamides is 1. The van der Waals surface area contributed by atoms with Crippen LogP contribution >= 0.6 is 0 Å². The number of ether oxygens (including phenoxy) is 1. The van der Waals surface area contributed by atoms with E-state index in [4.69, 9.17) is 4.74 Å². The van der Waals surface area contributed by atoms with E-state index in [9.17, 15) is 18.0 Å². The number of hydrogen-bond donors (Lipinski definition) is 3. The standard InChI is InChI=1S/C22H26N4O5S/c1-15(17-5-8-19-20(14-17)25-22(28)24-19)23-21(27)9-4-16-2-6-18(7-3-16)32(29,30)26-10-12-31-13-11-26/h2-3,5-8,14-15H,4,9-13H2,1H3,(H,23,27)(H2,24,25,28). The Bertz CT molecular complexity index is 1260. The molecule has 1 aromatic heterocycles. The number of rotatable bonds is 7. The Morgan fingerprint density at radius 3 is 2.50 bits per heavy atom. The van der Waals surface area contributed by atoms with Crippen LogP contribution in [0.1, 0.15) is 30.5 Å². The maximum atomic E-state index is 12.7. The quantitative estimate of drug-likeness (QED) is 0.497. The molecule has 0 radical (unpaired) electrons. The predicted octanol–water partition coefficient (Wildman–Crippen LogP) is 1.69. The van der Waals surface area contributed by atoms with Crippen molar-refractivity contribution < 1.29 is 17.9 Å². The molecule has 3 N–H and O–H groups in total. The fraction of sp³-hybridized carbons (Fsp3) is 0.364. The van der Waals surface area contributed by atoms with Crippen molar-refractivity contribution in [1.29, 1.82) is 0 Å². The van der Waals surface area contributed by atoms with Gasteiger partial charge in [-0.25, -0.2) is 13.2 Å². The fourth-order valence-electron chi connectivity index (χ4n) is 3.74. The van der Waals surface area contributed by atoms with E-state index in [2.05, 4.69) is 15.3 Å². The van der Waals surface area contributed by atoms with Gasteiger partial charge in [0.05, 0.1) is 35.2 Å². The molecule has 10 heteroatoms. The van der Waals surface area contributed by atoms with Crippen molar-refractivity contribution in [3.63, 3.8) is 0 Å². The number of aromatic amines is 2. The third-order valence-corrected chi connectivity index (χ3v) is 7.50. The van der Waals surface area contributed by atoms with Gasteiger partial charge >= 0.3 is 5.69 Å².